The number of anilines is 2. The lowest BCUT2D eigenvalue weighted by Crippen LogP contribution is -2.07. The zero-order valence-corrected chi connectivity index (χ0v) is 16.8. The smallest absolute Gasteiger partial charge is 0.194 e. The second-order valence-corrected chi connectivity index (χ2v) is 8.16. The third-order valence-corrected chi connectivity index (χ3v) is 5.50. The fourth-order valence-corrected chi connectivity index (χ4v) is 3.94. The number of benzene rings is 2. The van der Waals surface area contributed by atoms with Gasteiger partial charge in [0.25, 0.3) is 0 Å². The number of imidazole rings is 1. The monoisotopic (exact) mass is 394 g/mol. The molecule has 0 radical (unpaired) electrons. The minimum atomic E-state index is -0.254. The van der Waals surface area contributed by atoms with Gasteiger partial charge in [-0.25, -0.2) is 9.37 Å². The summed E-state index contributed by atoms with van der Waals surface area (Å²) in [6.07, 6.45) is 3.09. The van der Waals surface area contributed by atoms with Gasteiger partial charge in [-0.15, -0.1) is 11.3 Å². The molecule has 28 heavy (non-hydrogen) atoms. The van der Waals surface area contributed by atoms with Crippen molar-refractivity contribution < 1.29 is 4.39 Å². The zero-order valence-electron chi connectivity index (χ0n) is 15.9. The van der Waals surface area contributed by atoms with Crippen molar-refractivity contribution >= 4 is 27.7 Å². The Hall–Kier alpha value is -2.86. The molecule has 0 aliphatic rings. The zero-order chi connectivity index (χ0) is 19.7. The maximum absolute atomic E-state index is 13.4. The van der Waals surface area contributed by atoms with Crippen molar-refractivity contribution in [3.05, 3.63) is 59.9 Å². The molecule has 4 aromatic rings. The molecule has 4 nitrogen and oxygen atoms in total. The second-order valence-electron chi connectivity index (χ2n) is 7.28. The predicted octanol–water partition coefficient (Wildman–Crippen LogP) is 5.91. The van der Waals surface area contributed by atoms with Crippen LogP contribution < -0.4 is 11.1 Å². The van der Waals surface area contributed by atoms with Gasteiger partial charge in [0.15, 0.2) is 4.96 Å². The largest absolute Gasteiger partial charge is 0.397 e. The Morgan fingerprint density at radius 1 is 1.14 bits per heavy atom. The van der Waals surface area contributed by atoms with E-state index >= 15 is 0 Å². The highest BCUT2D eigenvalue weighted by Crippen LogP contribution is 2.36. The molecule has 144 valence electrons. The van der Waals surface area contributed by atoms with Crippen molar-refractivity contribution in [3.8, 4) is 22.5 Å². The van der Waals surface area contributed by atoms with E-state index in [0.29, 0.717) is 5.92 Å². The van der Waals surface area contributed by atoms with Crippen LogP contribution in [0, 0.1) is 11.7 Å². The average Bonchev–Trinajstić information content (AvgIpc) is 3.25. The van der Waals surface area contributed by atoms with Crippen molar-refractivity contribution in [1.29, 1.82) is 0 Å². The van der Waals surface area contributed by atoms with Crippen LogP contribution in [0.2, 0.25) is 0 Å². The van der Waals surface area contributed by atoms with E-state index in [2.05, 4.69) is 29.6 Å². The summed E-state index contributed by atoms with van der Waals surface area (Å²) in [6.45, 7) is 5.28. The van der Waals surface area contributed by atoms with E-state index in [0.717, 1.165) is 51.8 Å². The van der Waals surface area contributed by atoms with Gasteiger partial charge in [0.05, 0.1) is 22.8 Å². The first-order valence-corrected chi connectivity index (χ1v) is 10.3. The number of fused-ring (bicyclic) bond motifs is 1. The molecule has 0 amide bonds. The molecule has 0 unspecified atom stereocenters. The number of nitrogens with zero attached hydrogens (tertiary/aromatic N) is 2. The number of hydrogen-bond acceptors (Lipinski definition) is 4. The van der Waals surface area contributed by atoms with Gasteiger partial charge >= 0.3 is 0 Å². The van der Waals surface area contributed by atoms with Crippen LogP contribution in [0.3, 0.4) is 0 Å². The van der Waals surface area contributed by atoms with Gasteiger partial charge < -0.3 is 11.1 Å². The van der Waals surface area contributed by atoms with Crippen LogP contribution in [-0.2, 0) is 0 Å². The molecule has 0 spiro atoms. The Labute approximate surface area is 167 Å². The topological polar surface area (TPSA) is 55.4 Å². The van der Waals surface area contributed by atoms with E-state index in [9.17, 15) is 4.39 Å². The van der Waals surface area contributed by atoms with Crippen molar-refractivity contribution in [2.45, 2.75) is 20.3 Å². The highest BCUT2D eigenvalue weighted by molar-refractivity contribution is 7.15. The molecule has 0 bridgehead atoms. The third kappa shape index (κ3) is 3.60. The Balaban J connectivity index is 1.79. The summed E-state index contributed by atoms with van der Waals surface area (Å²) in [5.74, 6) is 0.373. The van der Waals surface area contributed by atoms with Crippen molar-refractivity contribution in [3.63, 3.8) is 0 Å². The highest BCUT2D eigenvalue weighted by atomic mass is 32.1. The van der Waals surface area contributed by atoms with Gasteiger partial charge in [-0.1, -0.05) is 19.9 Å². The predicted molar refractivity (Wildman–Crippen MR) is 116 cm³/mol. The van der Waals surface area contributed by atoms with Crippen molar-refractivity contribution in [2.24, 2.45) is 5.92 Å². The lowest BCUT2D eigenvalue weighted by molar-refractivity contribution is 0.607. The van der Waals surface area contributed by atoms with Crippen LogP contribution in [0.5, 0.6) is 0 Å². The number of nitrogens with one attached hydrogen (secondary N) is 1. The van der Waals surface area contributed by atoms with Gasteiger partial charge in [0.2, 0.25) is 0 Å². The molecule has 2 heterocycles. The van der Waals surface area contributed by atoms with E-state index in [1.54, 1.807) is 23.5 Å². The summed E-state index contributed by atoms with van der Waals surface area (Å²) >= 11 is 1.58. The van der Waals surface area contributed by atoms with Crippen molar-refractivity contribution in [1.82, 2.24) is 9.38 Å². The molecule has 2 aromatic heterocycles. The molecule has 2 aromatic carbocycles. The minimum absolute atomic E-state index is 0.254. The summed E-state index contributed by atoms with van der Waals surface area (Å²) < 4.78 is 15.5. The van der Waals surface area contributed by atoms with Gasteiger partial charge in [0.1, 0.15) is 5.82 Å². The van der Waals surface area contributed by atoms with Crippen LogP contribution in [0.1, 0.15) is 20.3 Å². The Morgan fingerprint density at radius 3 is 2.64 bits per heavy atom. The van der Waals surface area contributed by atoms with Crippen LogP contribution in [0.15, 0.2) is 54.0 Å². The molecule has 0 saturated heterocycles. The highest BCUT2D eigenvalue weighted by Gasteiger charge is 2.17. The van der Waals surface area contributed by atoms with Gasteiger partial charge in [-0.2, -0.15) is 0 Å². The fraction of sp³-hybridized carbons (Fsp3) is 0.227. The van der Waals surface area contributed by atoms with Gasteiger partial charge in [0, 0.05) is 29.2 Å². The maximum atomic E-state index is 13.4. The Bertz CT molecular complexity index is 1100. The summed E-state index contributed by atoms with van der Waals surface area (Å²) in [6, 6.07) is 12.5. The van der Waals surface area contributed by atoms with Crippen LogP contribution in [0.4, 0.5) is 15.8 Å². The number of nitrogen functional groups attached to an aromatic ring is 1. The standard InChI is InChI=1S/C22H23FN4S/c1-14(2)9-10-25-19-13-16(5-8-18(19)24)21-20(15-3-6-17(23)7-4-15)26-22-27(21)11-12-28-22/h3-8,11-14,25H,9-10,24H2,1-2H3. The first-order valence-electron chi connectivity index (χ1n) is 9.38. The molecule has 0 saturated carbocycles. The summed E-state index contributed by atoms with van der Waals surface area (Å²) in [5.41, 5.74) is 11.6. The number of rotatable bonds is 6. The quantitative estimate of drug-likeness (QED) is 0.400. The van der Waals surface area contributed by atoms with Gasteiger partial charge in [-0.05, 0) is 48.7 Å². The fourth-order valence-electron chi connectivity index (χ4n) is 3.22. The minimum Gasteiger partial charge on any atom is -0.397 e. The van der Waals surface area contributed by atoms with Crippen LogP contribution in [-0.4, -0.2) is 15.9 Å². The lowest BCUT2D eigenvalue weighted by atomic mass is 10.0. The lowest BCUT2D eigenvalue weighted by Gasteiger charge is -2.13. The molecule has 0 aliphatic carbocycles. The first-order chi connectivity index (χ1) is 13.5. The number of nitrogens with two attached hydrogens (primary N) is 1. The third-order valence-electron chi connectivity index (χ3n) is 4.74. The van der Waals surface area contributed by atoms with Crippen LogP contribution in [0.25, 0.3) is 27.5 Å². The summed E-state index contributed by atoms with van der Waals surface area (Å²) in [5, 5.41) is 5.47. The van der Waals surface area contributed by atoms with E-state index < -0.39 is 0 Å². The molecule has 0 atom stereocenters. The van der Waals surface area contributed by atoms with Gasteiger partial charge in [-0.3, -0.25) is 4.40 Å². The molecule has 0 fully saturated rings. The summed E-state index contributed by atoms with van der Waals surface area (Å²) in [4.78, 5) is 5.70. The molecule has 4 rings (SSSR count). The summed E-state index contributed by atoms with van der Waals surface area (Å²) in [7, 11) is 0. The normalized spacial score (nSPS) is 11.4. The maximum Gasteiger partial charge on any atom is 0.194 e. The first kappa shape index (κ1) is 18.5. The molecular weight excluding hydrogens is 371 g/mol. The number of hydrogen-bond donors (Lipinski definition) is 2. The SMILES string of the molecule is CC(C)CCNc1cc(-c2c(-c3ccc(F)cc3)nc3sccn23)ccc1N. The number of halogens is 1. The molecule has 6 heteroatoms. The van der Waals surface area contributed by atoms with E-state index in [1.807, 2.05) is 23.7 Å². The van der Waals surface area contributed by atoms with Crippen molar-refractivity contribution in [2.75, 3.05) is 17.6 Å². The van der Waals surface area contributed by atoms with Crippen LogP contribution >= 0.6 is 11.3 Å². The number of aromatic nitrogens is 2. The second kappa shape index (κ2) is 7.64. The van der Waals surface area contributed by atoms with E-state index in [1.165, 1.54) is 12.1 Å². The number of thiazole rings is 1. The van der Waals surface area contributed by atoms with E-state index in [4.69, 9.17) is 10.7 Å². The average molecular weight is 395 g/mol. The molecule has 3 N–H and O–H groups in total. The molecular formula is C22H23FN4S. The van der Waals surface area contributed by atoms with E-state index in [-0.39, 0.29) is 5.82 Å². The Kier molecular flexibility index (Phi) is 5.05. The Morgan fingerprint density at radius 2 is 1.89 bits per heavy atom. The molecule has 0 aliphatic heterocycles.